The molecule has 1 atom stereocenters. The van der Waals surface area contributed by atoms with Crippen molar-refractivity contribution >= 4 is 5.69 Å². The SMILES string of the molecule is CNCc1cnccc1N1CCCC(C)(OC)C1. The van der Waals surface area contributed by atoms with Crippen LogP contribution in [-0.2, 0) is 11.3 Å². The third-order valence-electron chi connectivity index (χ3n) is 3.74. The van der Waals surface area contributed by atoms with Crippen LogP contribution in [0.4, 0.5) is 5.69 Å². The number of nitrogens with one attached hydrogen (secondary N) is 1. The summed E-state index contributed by atoms with van der Waals surface area (Å²) >= 11 is 0. The van der Waals surface area contributed by atoms with Gasteiger partial charge in [0.05, 0.1) is 5.60 Å². The van der Waals surface area contributed by atoms with Crippen molar-refractivity contribution in [3.8, 4) is 0 Å². The molecule has 1 aliphatic heterocycles. The predicted molar refractivity (Wildman–Crippen MR) is 73.9 cm³/mol. The van der Waals surface area contributed by atoms with Crippen molar-refractivity contribution in [2.75, 3.05) is 32.1 Å². The van der Waals surface area contributed by atoms with Gasteiger partial charge in [-0.05, 0) is 32.9 Å². The second kappa shape index (κ2) is 5.67. The Kier molecular flexibility index (Phi) is 4.19. The van der Waals surface area contributed by atoms with Crippen LogP contribution in [0.25, 0.3) is 0 Å². The normalized spacial score (nSPS) is 24.3. The number of piperidine rings is 1. The fraction of sp³-hybridized carbons (Fsp3) is 0.643. The van der Waals surface area contributed by atoms with Crippen LogP contribution in [0.2, 0.25) is 0 Å². The molecule has 0 aromatic carbocycles. The summed E-state index contributed by atoms with van der Waals surface area (Å²) in [5, 5.41) is 3.20. The minimum Gasteiger partial charge on any atom is -0.377 e. The largest absolute Gasteiger partial charge is 0.377 e. The van der Waals surface area contributed by atoms with Gasteiger partial charge < -0.3 is 15.0 Å². The molecule has 4 heteroatoms. The molecule has 1 aromatic rings. The smallest absolute Gasteiger partial charge is 0.0825 e. The molecule has 1 aliphatic rings. The lowest BCUT2D eigenvalue weighted by Gasteiger charge is -2.41. The molecule has 1 N–H and O–H groups in total. The molecule has 0 bridgehead atoms. The lowest BCUT2D eigenvalue weighted by molar-refractivity contribution is -0.00468. The summed E-state index contributed by atoms with van der Waals surface area (Å²) in [5.74, 6) is 0. The van der Waals surface area contributed by atoms with Crippen molar-refractivity contribution in [1.82, 2.24) is 10.3 Å². The molecule has 1 saturated heterocycles. The van der Waals surface area contributed by atoms with E-state index in [4.69, 9.17) is 4.74 Å². The van der Waals surface area contributed by atoms with Crippen LogP contribution in [0.1, 0.15) is 25.3 Å². The number of nitrogens with zero attached hydrogens (tertiary/aromatic N) is 2. The van der Waals surface area contributed by atoms with Gasteiger partial charge in [0.25, 0.3) is 0 Å². The maximum atomic E-state index is 5.66. The molecular formula is C14H23N3O. The molecule has 0 amide bonds. The van der Waals surface area contributed by atoms with E-state index < -0.39 is 0 Å². The third-order valence-corrected chi connectivity index (χ3v) is 3.74. The average molecular weight is 249 g/mol. The predicted octanol–water partition coefficient (Wildman–Crippen LogP) is 1.81. The van der Waals surface area contributed by atoms with E-state index in [1.165, 1.54) is 17.7 Å². The summed E-state index contributed by atoms with van der Waals surface area (Å²) in [7, 11) is 3.77. The number of hydrogen-bond acceptors (Lipinski definition) is 4. The van der Waals surface area contributed by atoms with Crippen molar-refractivity contribution in [3.05, 3.63) is 24.0 Å². The van der Waals surface area contributed by atoms with E-state index in [9.17, 15) is 0 Å². The number of pyridine rings is 1. The van der Waals surface area contributed by atoms with E-state index in [0.717, 1.165) is 26.1 Å². The Balaban J connectivity index is 2.20. The lowest BCUT2D eigenvalue weighted by Crippen LogP contribution is -2.47. The van der Waals surface area contributed by atoms with Crippen molar-refractivity contribution < 1.29 is 4.74 Å². The van der Waals surface area contributed by atoms with Crippen LogP contribution < -0.4 is 10.2 Å². The highest BCUT2D eigenvalue weighted by atomic mass is 16.5. The standard InChI is InChI=1S/C14H23N3O/c1-14(18-3)6-4-8-17(11-14)13-5-7-16-10-12(13)9-15-2/h5,7,10,15H,4,6,8-9,11H2,1-3H3. The zero-order chi connectivity index (χ0) is 13.0. The first kappa shape index (κ1) is 13.3. The minimum atomic E-state index is -0.0293. The minimum absolute atomic E-state index is 0.0293. The second-order valence-corrected chi connectivity index (χ2v) is 5.21. The number of ether oxygens (including phenoxy) is 1. The second-order valence-electron chi connectivity index (χ2n) is 5.21. The molecule has 0 radical (unpaired) electrons. The average Bonchev–Trinajstić information content (AvgIpc) is 2.40. The lowest BCUT2D eigenvalue weighted by atomic mass is 9.94. The summed E-state index contributed by atoms with van der Waals surface area (Å²) < 4.78 is 5.66. The monoisotopic (exact) mass is 249 g/mol. The van der Waals surface area contributed by atoms with Gasteiger partial charge in [-0.3, -0.25) is 4.98 Å². The molecule has 1 fully saturated rings. The molecule has 2 rings (SSSR count). The van der Waals surface area contributed by atoms with Crippen LogP contribution in [0, 0.1) is 0 Å². The third kappa shape index (κ3) is 2.82. The van der Waals surface area contributed by atoms with Gasteiger partial charge in [-0.2, -0.15) is 0 Å². The van der Waals surface area contributed by atoms with Crippen LogP contribution in [0.15, 0.2) is 18.5 Å². The Hall–Kier alpha value is -1.13. The summed E-state index contributed by atoms with van der Waals surface area (Å²) in [4.78, 5) is 6.64. The topological polar surface area (TPSA) is 37.4 Å². The molecule has 4 nitrogen and oxygen atoms in total. The van der Waals surface area contributed by atoms with Crippen molar-refractivity contribution in [2.24, 2.45) is 0 Å². The van der Waals surface area contributed by atoms with Gasteiger partial charge in [0, 0.05) is 50.4 Å². The highest BCUT2D eigenvalue weighted by Gasteiger charge is 2.31. The van der Waals surface area contributed by atoms with Gasteiger partial charge in [-0.1, -0.05) is 0 Å². The molecule has 0 saturated carbocycles. The van der Waals surface area contributed by atoms with Crippen LogP contribution in [0.3, 0.4) is 0 Å². The van der Waals surface area contributed by atoms with E-state index >= 15 is 0 Å². The van der Waals surface area contributed by atoms with Gasteiger partial charge in [0.1, 0.15) is 0 Å². The highest BCUT2D eigenvalue weighted by Crippen LogP contribution is 2.29. The van der Waals surface area contributed by atoms with Gasteiger partial charge in [0.15, 0.2) is 0 Å². The quantitative estimate of drug-likeness (QED) is 0.883. The van der Waals surface area contributed by atoms with Gasteiger partial charge in [0.2, 0.25) is 0 Å². The molecule has 18 heavy (non-hydrogen) atoms. The number of anilines is 1. The Morgan fingerprint density at radius 1 is 1.56 bits per heavy atom. The number of hydrogen-bond donors (Lipinski definition) is 1. The molecule has 1 aromatic heterocycles. The van der Waals surface area contributed by atoms with E-state index in [0.29, 0.717) is 0 Å². The Morgan fingerprint density at radius 3 is 3.11 bits per heavy atom. The Bertz CT molecular complexity index is 396. The summed E-state index contributed by atoms with van der Waals surface area (Å²) in [6.07, 6.45) is 6.12. The van der Waals surface area contributed by atoms with Crippen molar-refractivity contribution in [2.45, 2.75) is 31.9 Å². The van der Waals surface area contributed by atoms with Crippen LogP contribution in [0.5, 0.6) is 0 Å². The van der Waals surface area contributed by atoms with E-state index in [1.54, 1.807) is 0 Å². The molecule has 0 aliphatic carbocycles. The molecular weight excluding hydrogens is 226 g/mol. The van der Waals surface area contributed by atoms with Gasteiger partial charge in [-0.25, -0.2) is 0 Å². The first-order chi connectivity index (χ1) is 8.68. The fourth-order valence-corrected chi connectivity index (χ4v) is 2.63. The van der Waals surface area contributed by atoms with Gasteiger partial charge in [-0.15, -0.1) is 0 Å². The summed E-state index contributed by atoms with van der Waals surface area (Å²) in [6, 6.07) is 2.11. The Labute approximate surface area is 109 Å². The van der Waals surface area contributed by atoms with E-state index in [2.05, 4.69) is 28.2 Å². The summed E-state index contributed by atoms with van der Waals surface area (Å²) in [6.45, 7) is 5.09. The van der Waals surface area contributed by atoms with Crippen molar-refractivity contribution in [3.63, 3.8) is 0 Å². The molecule has 2 heterocycles. The molecule has 0 spiro atoms. The first-order valence-electron chi connectivity index (χ1n) is 6.56. The van der Waals surface area contributed by atoms with E-state index in [1.807, 2.05) is 26.6 Å². The number of aromatic nitrogens is 1. The number of methoxy groups -OCH3 is 1. The zero-order valence-corrected chi connectivity index (χ0v) is 11.6. The zero-order valence-electron chi connectivity index (χ0n) is 11.6. The van der Waals surface area contributed by atoms with Crippen LogP contribution >= 0.6 is 0 Å². The van der Waals surface area contributed by atoms with Crippen molar-refractivity contribution in [1.29, 1.82) is 0 Å². The van der Waals surface area contributed by atoms with Crippen LogP contribution in [-0.4, -0.2) is 37.8 Å². The van der Waals surface area contributed by atoms with Gasteiger partial charge >= 0.3 is 0 Å². The maximum Gasteiger partial charge on any atom is 0.0825 e. The number of rotatable bonds is 4. The highest BCUT2D eigenvalue weighted by molar-refractivity contribution is 5.53. The summed E-state index contributed by atoms with van der Waals surface area (Å²) in [5.41, 5.74) is 2.50. The molecule has 100 valence electrons. The fourth-order valence-electron chi connectivity index (χ4n) is 2.63. The molecule has 1 unspecified atom stereocenters. The first-order valence-corrected chi connectivity index (χ1v) is 6.56. The maximum absolute atomic E-state index is 5.66. The van der Waals surface area contributed by atoms with E-state index in [-0.39, 0.29) is 5.60 Å². The Morgan fingerprint density at radius 2 is 2.39 bits per heavy atom.